The van der Waals surface area contributed by atoms with Crippen LogP contribution in [-0.2, 0) is 9.59 Å². The highest BCUT2D eigenvalue weighted by Crippen LogP contribution is 2.17. The fourth-order valence-electron chi connectivity index (χ4n) is 2.25. The van der Waals surface area contributed by atoms with Crippen LogP contribution in [0.3, 0.4) is 0 Å². The maximum Gasteiger partial charge on any atom is 0.265 e. The number of nitrogens with one attached hydrogen (secondary N) is 1. The maximum atomic E-state index is 12.4. The van der Waals surface area contributed by atoms with Gasteiger partial charge in [0.05, 0.1) is 0 Å². The smallest absolute Gasteiger partial charge is 0.265 e. The number of carbonyl (C=O) groups excluding carboxylic acids is 2. The number of nitrogens with zero attached hydrogens (tertiary/aromatic N) is 1. The SMILES string of the molecule is C=CCN1C(=O)/C(=C/c2cc(C)cc(C)c2)C(=O)NC1=S. The van der Waals surface area contributed by atoms with Gasteiger partial charge in [-0.25, -0.2) is 0 Å². The number of benzene rings is 1. The van der Waals surface area contributed by atoms with E-state index in [4.69, 9.17) is 12.2 Å². The van der Waals surface area contributed by atoms with Gasteiger partial charge < -0.3 is 0 Å². The van der Waals surface area contributed by atoms with Crippen LogP contribution in [0.5, 0.6) is 0 Å². The molecule has 0 atom stereocenters. The molecule has 0 aromatic heterocycles. The van der Waals surface area contributed by atoms with Gasteiger partial charge >= 0.3 is 0 Å². The molecule has 1 heterocycles. The Morgan fingerprint density at radius 3 is 2.43 bits per heavy atom. The lowest BCUT2D eigenvalue weighted by atomic mass is 10.0. The molecule has 1 N–H and O–H groups in total. The summed E-state index contributed by atoms with van der Waals surface area (Å²) in [4.78, 5) is 25.7. The number of hydrogen-bond donors (Lipinski definition) is 1. The van der Waals surface area contributed by atoms with Crippen LogP contribution in [0.1, 0.15) is 16.7 Å². The molecule has 1 aromatic rings. The second-order valence-electron chi connectivity index (χ2n) is 4.94. The Hall–Kier alpha value is -2.27. The van der Waals surface area contributed by atoms with Crippen molar-refractivity contribution >= 4 is 35.2 Å². The molecule has 1 aliphatic heterocycles. The van der Waals surface area contributed by atoms with E-state index in [-0.39, 0.29) is 17.2 Å². The fraction of sp³-hybridized carbons (Fsp3) is 0.188. The molecule has 2 rings (SSSR count). The van der Waals surface area contributed by atoms with Gasteiger partial charge in [-0.3, -0.25) is 19.8 Å². The van der Waals surface area contributed by atoms with Gasteiger partial charge in [0.15, 0.2) is 5.11 Å². The Morgan fingerprint density at radius 2 is 1.86 bits per heavy atom. The summed E-state index contributed by atoms with van der Waals surface area (Å²) in [6.07, 6.45) is 3.16. The van der Waals surface area contributed by atoms with Gasteiger partial charge in [0.1, 0.15) is 5.57 Å². The van der Waals surface area contributed by atoms with E-state index in [2.05, 4.69) is 11.9 Å². The van der Waals surface area contributed by atoms with Crippen molar-refractivity contribution in [3.63, 3.8) is 0 Å². The average molecular weight is 300 g/mol. The zero-order chi connectivity index (χ0) is 15.6. The number of aryl methyl sites for hydroxylation is 2. The van der Waals surface area contributed by atoms with Crippen molar-refractivity contribution in [2.75, 3.05) is 6.54 Å². The molecule has 1 saturated heterocycles. The fourth-order valence-corrected chi connectivity index (χ4v) is 2.50. The second-order valence-corrected chi connectivity index (χ2v) is 5.33. The summed E-state index contributed by atoms with van der Waals surface area (Å²) in [7, 11) is 0. The highest BCUT2D eigenvalue weighted by Gasteiger charge is 2.32. The summed E-state index contributed by atoms with van der Waals surface area (Å²) in [5.41, 5.74) is 3.04. The topological polar surface area (TPSA) is 49.4 Å². The van der Waals surface area contributed by atoms with Crippen LogP contribution in [0.2, 0.25) is 0 Å². The van der Waals surface area contributed by atoms with E-state index < -0.39 is 11.8 Å². The Morgan fingerprint density at radius 1 is 1.24 bits per heavy atom. The van der Waals surface area contributed by atoms with Crippen molar-refractivity contribution in [2.24, 2.45) is 0 Å². The minimum Gasteiger partial charge on any atom is -0.298 e. The largest absolute Gasteiger partial charge is 0.298 e. The van der Waals surface area contributed by atoms with Crippen molar-refractivity contribution in [3.8, 4) is 0 Å². The summed E-state index contributed by atoms with van der Waals surface area (Å²) >= 11 is 5.00. The number of rotatable bonds is 3. The Kier molecular flexibility index (Phi) is 4.33. The number of thiocarbonyl (C=S) groups is 1. The van der Waals surface area contributed by atoms with Crippen LogP contribution in [-0.4, -0.2) is 28.4 Å². The summed E-state index contributed by atoms with van der Waals surface area (Å²) in [5.74, 6) is -0.868. The van der Waals surface area contributed by atoms with Crippen molar-refractivity contribution in [1.82, 2.24) is 10.2 Å². The normalized spacial score (nSPS) is 17.1. The monoisotopic (exact) mass is 300 g/mol. The van der Waals surface area contributed by atoms with Gasteiger partial charge in [0.2, 0.25) is 0 Å². The maximum absolute atomic E-state index is 12.4. The van der Waals surface area contributed by atoms with Gasteiger partial charge in [0.25, 0.3) is 11.8 Å². The lowest BCUT2D eigenvalue weighted by Gasteiger charge is -2.27. The van der Waals surface area contributed by atoms with Crippen molar-refractivity contribution in [2.45, 2.75) is 13.8 Å². The molecule has 0 unspecified atom stereocenters. The van der Waals surface area contributed by atoms with Gasteiger partial charge in [-0.2, -0.15) is 0 Å². The molecule has 0 bridgehead atoms. The van der Waals surface area contributed by atoms with Crippen molar-refractivity contribution in [1.29, 1.82) is 0 Å². The first-order valence-electron chi connectivity index (χ1n) is 6.50. The van der Waals surface area contributed by atoms with Crippen molar-refractivity contribution < 1.29 is 9.59 Å². The predicted octanol–water partition coefficient (Wildman–Crippen LogP) is 2.12. The molecule has 1 aromatic carbocycles. The first-order chi connectivity index (χ1) is 9.92. The third kappa shape index (κ3) is 3.25. The zero-order valence-corrected chi connectivity index (χ0v) is 12.8. The Bertz CT molecular complexity index is 657. The zero-order valence-electron chi connectivity index (χ0n) is 12.0. The van der Waals surface area contributed by atoms with Gasteiger partial charge in [-0.1, -0.05) is 35.4 Å². The molecule has 108 valence electrons. The van der Waals surface area contributed by atoms with Crippen LogP contribution >= 0.6 is 12.2 Å². The highest BCUT2D eigenvalue weighted by molar-refractivity contribution is 7.80. The lowest BCUT2D eigenvalue weighted by molar-refractivity contribution is -0.128. The third-order valence-electron chi connectivity index (χ3n) is 3.05. The van der Waals surface area contributed by atoms with Crippen LogP contribution in [0, 0.1) is 13.8 Å². The molecule has 1 fully saturated rings. The minimum absolute atomic E-state index is 0.0791. The van der Waals surface area contributed by atoms with E-state index in [9.17, 15) is 9.59 Å². The molecule has 0 aliphatic carbocycles. The van der Waals surface area contributed by atoms with E-state index in [1.807, 2.05) is 32.0 Å². The number of carbonyl (C=O) groups is 2. The molecule has 0 spiro atoms. The summed E-state index contributed by atoms with van der Waals surface area (Å²) < 4.78 is 0. The van der Waals surface area contributed by atoms with E-state index in [0.717, 1.165) is 16.7 Å². The predicted molar refractivity (Wildman–Crippen MR) is 86.5 cm³/mol. The number of amides is 2. The molecule has 0 saturated carbocycles. The molecule has 2 amide bonds. The van der Waals surface area contributed by atoms with E-state index in [1.165, 1.54) is 4.90 Å². The van der Waals surface area contributed by atoms with Gasteiger partial charge in [-0.05, 0) is 37.7 Å². The van der Waals surface area contributed by atoms with Crippen molar-refractivity contribution in [3.05, 3.63) is 53.1 Å². The first kappa shape index (κ1) is 15.1. The molecule has 0 radical (unpaired) electrons. The first-order valence-corrected chi connectivity index (χ1v) is 6.91. The van der Waals surface area contributed by atoms with Gasteiger partial charge in [-0.15, -0.1) is 6.58 Å². The standard InChI is InChI=1S/C16H16N2O2S/c1-4-5-18-15(20)13(14(19)17-16(18)21)9-12-7-10(2)6-11(3)8-12/h4,6-9H,1,5H2,2-3H3,(H,17,19,21)/b13-9+. The second kappa shape index (κ2) is 6.01. The van der Waals surface area contributed by atoms with Crippen LogP contribution < -0.4 is 5.32 Å². The Labute approximate surface area is 129 Å². The highest BCUT2D eigenvalue weighted by atomic mass is 32.1. The third-order valence-corrected chi connectivity index (χ3v) is 3.37. The lowest BCUT2D eigenvalue weighted by Crippen LogP contribution is -2.53. The minimum atomic E-state index is -0.468. The van der Waals surface area contributed by atoms with Gasteiger partial charge in [0, 0.05) is 6.54 Å². The van der Waals surface area contributed by atoms with E-state index >= 15 is 0 Å². The average Bonchev–Trinajstić information content (AvgIpc) is 2.38. The summed E-state index contributed by atoms with van der Waals surface area (Å²) in [6.45, 7) is 7.79. The summed E-state index contributed by atoms with van der Waals surface area (Å²) in [5, 5.41) is 2.64. The number of hydrogen-bond acceptors (Lipinski definition) is 3. The summed E-state index contributed by atoms with van der Waals surface area (Å²) in [6, 6.07) is 5.88. The van der Waals surface area contributed by atoms with Crippen LogP contribution in [0.25, 0.3) is 6.08 Å². The molecular weight excluding hydrogens is 284 g/mol. The van der Waals surface area contributed by atoms with E-state index in [1.54, 1.807) is 12.2 Å². The molecule has 21 heavy (non-hydrogen) atoms. The molecule has 5 heteroatoms. The molecule has 1 aliphatic rings. The quantitative estimate of drug-likeness (QED) is 0.402. The van der Waals surface area contributed by atoms with Crippen LogP contribution in [0.15, 0.2) is 36.4 Å². The Balaban J connectivity index is 2.42. The van der Waals surface area contributed by atoms with Crippen LogP contribution in [0.4, 0.5) is 0 Å². The van der Waals surface area contributed by atoms with E-state index in [0.29, 0.717) is 0 Å². The molecular formula is C16H16N2O2S. The molecule has 4 nitrogen and oxygen atoms in total.